The second-order valence-corrected chi connectivity index (χ2v) is 8.92. The third-order valence-electron chi connectivity index (χ3n) is 4.58. The third kappa shape index (κ3) is 4.95. The number of hydrogen-bond donors (Lipinski definition) is 1. The zero-order valence-electron chi connectivity index (χ0n) is 16.8. The molecule has 2 aromatic rings. The number of para-hydroxylation sites is 2. The number of rotatable bonds is 6. The van der Waals surface area contributed by atoms with Crippen molar-refractivity contribution in [2.45, 2.75) is 37.9 Å². The number of nitrogens with one attached hydrogen (secondary N) is 1. The van der Waals surface area contributed by atoms with Crippen LogP contribution in [0, 0.1) is 0 Å². The fourth-order valence-electron chi connectivity index (χ4n) is 3.30. The summed E-state index contributed by atoms with van der Waals surface area (Å²) in [6, 6.07) is 13.1. The standard InChI is InChI=1S/C21H26N2O5S/c1-4-27-20-8-6-5-7-19(20)22-21(24)17-9-11-18(12-10-17)29(25,26)23-13-15(2)28-16(3)14-23/h5-12,15-16H,4,13-14H2,1-3H3,(H,22,24)/t15-,16-/m1/s1. The number of nitrogens with zero attached hydrogens (tertiary/aromatic N) is 1. The summed E-state index contributed by atoms with van der Waals surface area (Å²) in [5.74, 6) is 0.243. The Kier molecular flexibility index (Phi) is 6.56. The van der Waals surface area contributed by atoms with Gasteiger partial charge in [0.15, 0.2) is 0 Å². The average molecular weight is 419 g/mol. The number of carbonyl (C=O) groups is 1. The minimum atomic E-state index is -3.64. The lowest BCUT2D eigenvalue weighted by atomic mass is 10.2. The van der Waals surface area contributed by atoms with Crippen LogP contribution in [0.1, 0.15) is 31.1 Å². The Bertz CT molecular complexity index is 949. The van der Waals surface area contributed by atoms with E-state index in [1.807, 2.05) is 26.8 Å². The van der Waals surface area contributed by atoms with Gasteiger partial charge < -0.3 is 14.8 Å². The van der Waals surface area contributed by atoms with Crippen LogP contribution in [-0.2, 0) is 14.8 Å². The van der Waals surface area contributed by atoms with Gasteiger partial charge in [-0.15, -0.1) is 0 Å². The summed E-state index contributed by atoms with van der Waals surface area (Å²) in [6.07, 6.45) is -0.326. The van der Waals surface area contributed by atoms with Gasteiger partial charge in [-0.2, -0.15) is 4.31 Å². The molecule has 3 rings (SSSR count). The maximum absolute atomic E-state index is 12.9. The average Bonchev–Trinajstić information content (AvgIpc) is 2.69. The van der Waals surface area contributed by atoms with Crippen LogP contribution < -0.4 is 10.1 Å². The summed E-state index contributed by atoms with van der Waals surface area (Å²) in [7, 11) is -3.64. The quantitative estimate of drug-likeness (QED) is 0.779. The molecule has 0 radical (unpaired) electrons. The smallest absolute Gasteiger partial charge is 0.255 e. The predicted molar refractivity (Wildman–Crippen MR) is 111 cm³/mol. The van der Waals surface area contributed by atoms with Gasteiger partial charge in [-0.3, -0.25) is 4.79 Å². The van der Waals surface area contributed by atoms with E-state index in [9.17, 15) is 13.2 Å². The van der Waals surface area contributed by atoms with Gasteiger partial charge in [-0.05, 0) is 57.2 Å². The highest BCUT2D eigenvalue weighted by Gasteiger charge is 2.32. The van der Waals surface area contributed by atoms with E-state index < -0.39 is 10.0 Å². The maximum Gasteiger partial charge on any atom is 0.255 e. The topological polar surface area (TPSA) is 84.9 Å². The van der Waals surface area contributed by atoms with Crippen molar-refractivity contribution in [2.24, 2.45) is 0 Å². The summed E-state index contributed by atoms with van der Waals surface area (Å²) < 4.78 is 38.4. The van der Waals surface area contributed by atoms with Gasteiger partial charge >= 0.3 is 0 Å². The fourth-order valence-corrected chi connectivity index (χ4v) is 4.89. The summed E-state index contributed by atoms with van der Waals surface area (Å²) >= 11 is 0. The Labute approximate surface area is 171 Å². The number of morpholine rings is 1. The van der Waals surface area contributed by atoms with Crippen molar-refractivity contribution < 1.29 is 22.7 Å². The van der Waals surface area contributed by atoms with Crippen molar-refractivity contribution >= 4 is 21.6 Å². The molecule has 0 spiro atoms. The molecular weight excluding hydrogens is 392 g/mol. The van der Waals surface area contributed by atoms with E-state index in [2.05, 4.69) is 5.32 Å². The van der Waals surface area contributed by atoms with Gasteiger partial charge in [0.1, 0.15) is 5.75 Å². The van der Waals surface area contributed by atoms with Gasteiger partial charge in [-0.25, -0.2) is 8.42 Å². The molecule has 8 heteroatoms. The van der Waals surface area contributed by atoms with Crippen LogP contribution in [-0.4, -0.2) is 50.5 Å². The first-order valence-corrected chi connectivity index (χ1v) is 11.0. The summed E-state index contributed by atoms with van der Waals surface area (Å²) in [5, 5.41) is 2.80. The molecule has 1 N–H and O–H groups in total. The van der Waals surface area contributed by atoms with E-state index in [-0.39, 0.29) is 23.0 Å². The first-order chi connectivity index (χ1) is 13.8. The van der Waals surface area contributed by atoms with Crippen molar-refractivity contribution in [3.05, 3.63) is 54.1 Å². The van der Waals surface area contributed by atoms with E-state index in [1.165, 1.54) is 28.6 Å². The Hall–Kier alpha value is -2.42. The lowest BCUT2D eigenvalue weighted by Gasteiger charge is -2.34. The Morgan fingerprint density at radius 1 is 1.10 bits per heavy atom. The summed E-state index contributed by atoms with van der Waals surface area (Å²) in [4.78, 5) is 12.7. The summed E-state index contributed by atoms with van der Waals surface area (Å²) in [6.45, 7) is 6.68. The number of anilines is 1. The molecule has 1 amide bonds. The number of carbonyl (C=O) groups excluding carboxylic acids is 1. The molecule has 1 aliphatic rings. The second-order valence-electron chi connectivity index (χ2n) is 6.99. The van der Waals surface area contributed by atoms with Crippen LogP contribution >= 0.6 is 0 Å². The van der Waals surface area contributed by atoms with Crippen LogP contribution in [0.3, 0.4) is 0 Å². The Balaban J connectivity index is 1.75. The SMILES string of the molecule is CCOc1ccccc1NC(=O)c1ccc(S(=O)(=O)N2C[C@@H](C)O[C@H](C)C2)cc1. The van der Waals surface area contributed by atoms with Crippen LogP contribution in [0.25, 0.3) is 0 Å². The lowest BCUT2D eigenvalue weighted by Crippen LogP contribution is -2.48. The molecule has 1 aliphatic heterocycles. The van der Waals surface area contributed by atoms with E-state index in [4.69, 9.17) is 9.47 Å². The fraction of sp³-hybridized carbons (Fsp3) is 0.381. The number of amides is 1. The molecule has 1 heterocycles. The van der Waals surface area contributed by atoms with Crippen LogP contribution in [0.5, 0.6) is 5.75 Å². The van der Waals surface area contributed by atoms with E-state index >= 15 is 0 Å². The molecular formula is C21H26N2O5S. The normalized spacial score (nSPS) is 20.2. The van der Waals surface area contributed by atoms with Gasteiger partial charge in [0.2, 0.25) is 10.0 Å². The van der Waals surface area contributed by atoms with Crippen LogP contribution in [0.2, 0.25) is 0 Å². The first kappa shape index (κ1) is 21.3. The van der Waals surface area contributed by atoms with Gasteiger partial charge in [0.25, 0.3) is 5.91 Å². The highest BCUT2D eigenvalue weighted by molar-refractivity contribution is 7.89. The molecule has 0 aliphatic carbocycles. The molecule has 29 heavy (non-hydrogen) atoms. The van der Waals surface area contributed by atoms with Crippen molar-refractivity contribution in [3.8, 4) is 5.75 Å². The zero-order valence-corrected chi connectivity index (χ0v) is 17.6. The molecule has 2 atom stereocenters. The second kappa shape index (κ2) is 8.94. The highest BCUT2D eigenvalue weighted by Crippen LogP contribution is 2.25. The molecule has 0 unspecified atom stereocenters. The minimum absolute atomic E-state index is 0.157. The number of benzene rings is 2. The Morgan fingerprint density at radius 2 is 1.72 bits per heavy atom. The first-order valence-electron chi connectivity index (χ1n) is 9.60. The predicted octanol–water partition coefficient (Wildman–Crippen LogP) is 3.14. The molecule has 0 aromatic heterocycles. The van der Waals surface area contributed by atoms with Gasteiger partial charge in [0, 0.05) is 18.7 Å². The van der Waals surface area contributed by atoms with Gasteiger partial charge in [0.05, 0.1) is 29.4 Å². The zero-order chi connectivity index (χ0) is 21.0. The maximum atomic E-state index is 12.9. The minimum Gasteiger partial charge on any atom is -0.492 e. The van der Waals surface area contributed by atoms with Crippen LogP contribution in [0.4, 0.5) is 5.69 Å². The van der Waals surface area contributed by atoms with Crippen LogP contribution in [0.15, 0.2) is 53.4 Å². The number of hydrogen-bond acceptors (Lipinski definition) is 5. The van der Waals surface area contributed by atoms with Crippen molar-refractivity contribution in [1.29, 1.82) is 0 Å². The molecule has 1 fully saturated rings. The van der Waals surface area contributed by atoms with Crippen molar-refractivity contribution in [1.82, 2.24) is 4.31 Å². The van der Waals surface area contributed by atoms with E-state index in [1.54, 1.807) is 18.2 Å². The lowest BCUT2D eigenvalue weighted by molar-refractivity contribution is -0.0440. The molecule has 0 bridgehead atoms. The van der Waals surface area contributed by atoms with Gasteiger partial charge in [-0.1, -0.05) is 12.1 Å². The molecule has 7 nitrogen and oxygen atoms in total. The Morgan fingerprint density at radius 3 is 2.34 bits per heavy atom. The van der Waals surface area contributed by atoms with E-state index in [0.29, 0.717) is 36.7 Å². The third-order valence-corrected chi connectivity index (χ3v) is 6.42. The molecule has 2 aromatic carbocycles. The largest absolute Gasteiger partial charge is 0.492 e. The molecule has 156 valence electrons. The summed E-state index contributed by atoms with van der Waals surface area (Å²) in [5.41, 5.74) is 0.923. The van der Waals surface area contributed by atoms with Crippen molar-refractivity contribution in [2.75, 3.05) is 25.0 Å². The molecule has 0 saturated carbocycles. The van der Waals surface area contributed by atoms with E-state index in [0.717, 1.165) is 0 Å². The monoisotopic (exact) mass is 418 g/mol. The van der Waals surface area contributed by atoms with Crippen molar-refractivity contribution in [3.63, 3.8) is 0 Å². The number of sulfonamides is 1. The highest BCUT2D eigenvalue weighted by atomic mass is 32.2. The molecule has 1 saturated heterocycles. The number of ether oxygens (including phenoxy) is 2.